The largest absolute Gasteiger partial charge is 0.475 e. The van der Waals surface area contributed by atoms with Gasteiger partial charge in [0.1, 0.15) is 30.5 Å². The van der Waals surface area contributed by atoms with Crippen LogP contribution in [0.5, 0.6) is 0 Å². The Kier molecular flexibility index (Phi) is 10.0. The number of amides is 1. The highest BCUT2D eigenvalue weighted by atomic mass is 32.3. The van der Waals surface area contributed by atoms with Crippen molar-refractivity contribution < 1.29 is 88.6 Å². The van der Waals surface area contributed by atoms with Crippen molar-refractivity contribution in [2.45, 2.75) is 56.1 Å². The molecule has 0 aromatic heterocycles. The van der Waals surface area contributed by atoms with Gasteiger partial charge in [-0.2, -0.15) is 21.7 Å². The second kappa shape index (κ2) is 12.0. The summed E-state index contributed by atoms with van der Waals surface area (Å²) in [4.78, 5) is 27.4. The maximum absolute atomic E-state index is 11.6. The fourth-order valence-electron chi connectivity index (χ4n) is 3.19. The molecule has 8 atom stereocenters. The molecule has 0 aromatic rings. The SMILES string of the molecule is CC(=O)NC1[C@H](O)OC(COS(=O)(=O)O)[C@@H](O[C@@H]2OC(C(=O)O)=C[C@H](O)C2OS(=O)(=O)O)[C@@H]1OOO. The first kappa shape index (κ1) is 30.2. The summed E-state index contributed by atoms with van der Waals surface area (Å²) in [6, 6.07) is -1.68. The molecule has 0 aromatic carbocycles. The number of carboxylic acid groups (broad SMARTS) is 1. The maximum atomic E-state index is 11.6. The second-order valence-corrected chi connectivity index (χ2v) is 9.18. The van der Waals surface area contributed by atoms with Gasteiger partial charge in [0.25, 0.3) is 0 Å². The van der Waals surface area contributed by atoms with Gasteiger partial charge in [0.15, 0.2) is 12.4 Å². The van der Waals surface area contributed by atoms with Crippen molar-refractivity contribution in [2.24, 2.45) is 0 Å². The molecule has 0 bridgehead atoms. The van der Waals surface area contributed by atoms with Crippen LogP contribution >= 0.6 is 0 Å². The van der Waals surface area contributed by atoms with Crippen molar-refractivity contribution >= 4 is 32.7 Å². The third-order valence-electron chi connectivity index (χ3n) is 4.48. The number of rotatable bonds is 11. The van der Waals surface area contributed by atoms with Crippen LogP contribution in [0.1, 0.15) is 6.92 Å². The Morgan fingerprint density at radius 3 is 2.22 bits per heavy atom. The summed E-state index contributed by atoms with van der Waals surface area (Å²) in [5.41, 5.74) is 0. The van der Waals surface area contributed by atoms with Crippen LogP contribution < -0.4 is 5.32 Å². The zero-order chi connectivity index (χ0) is 27.4. The van der Waals surface area contributed by atoms with Gasteiger partial charge in [-0.25, -0.2) is 18.4 Å². The van der Waals surface area contributed by atoms with Gasteiger partial charge in [-0.05, 0) is 6.08 Å². The maximum Gasteiger partial charge on any atom is 0.397 e. The summed E-state index contributed by atoms with van der Waals surface area (Å²) in [5.74, 6) is -3.59. The first-order chi connectivity index (χ1) is 16.5. The van der Waals surface area contributed by atoms with E-state index in [2.05, 4.69) is 23.6 Å². The molecule has 0 saturated carbocycles. The van der Waals surface area contributed by atoms with Crippen LogP contribution in [0.4, 0.5) is 0 Å². The van der Waals surface area contributed by atoms with E-state index < -0.39 is 94.2 Å². The van der Waals surface area contributed by atoms with E-state index in [1.807, 2.05) is 0 Å². The highest BCUT2D eigenvalue weighted by Crippen LogP contribution is 2.31. The van der Waals surface area contributed by atoms with Gasteiger partial charge in [0.05, 0.1) is 6.61 Å². The van der Waals surface area contributed by atoms with E-state index in [1.165, 1.54) is 0 Å². The van der Waals surface area contributed by atoms with Crippen LogP contribution in [0.2, 0.25) is 0 Å². The van der Waals surface area contributed by atoms with Crippen molar-refractivity contribution in [3.63, 3.8) is 0 Å². The molecule has 2 aliphatic rings. The average Bonchev–Trinajstić information content (AvgIpc) is 2.71. The Bertz CT molecular complexity index is 1040. The lowest BCUT2D eigenvalue weighted by Gasteiger charge is -2.45. The summed E-state index contributed by atoms with van der Waals surface area (Å²) in [6.07, 6.45) is -13.9. The highest BCUT2D eigenvalue weighted by Gasteiger charge is 2.52. The zero-order valence-electron chi connectivity index (χ0n) is 17.7. The fourth-order valence-corrected chi connectivity index (χ4v) is 3.98. The number of nitrogens with one attached hydrogen (secondary N) is 1. The van der Waals surface area contributed by atoms with Gasteiger partial charge < -0.3 is 34.8 Å². The van der Waals surface area contributed by atoms with E-state index in [0.29, 0.717) is 6.08 Å². The van der Waals surface area contributed by atoms with Gasteiger partial charge in [-0.15, -0.1) is 0 Å². The Labute approximate surface area is 201 Å². The number of hydrogen-bond acceptors (Lipinski definition) is 16. The van der Waals surface area contributed by atoms with E-state index in [1.54, 1.807) is 0 Å². The average molecular weight is 571 g/mol. The minimum atomic E-state index is -5.33. The van der Waals surface area contributed by atoms with Gasteiger partial charge in [0.2, 0.25) is 18.0 Å². The number of hydrogen-bond donors (Lipinski definition) is 7. The quantitative estimate of drug-likeness (QED) is 0.0707. The lowest BCUT2D eigenvalue weighted by Crippen LogP contribution is -2.66. The van der Waals surface area contributed by atoms with Crippen molar-refractivity contribution in [2.75, 3.05) is 6.61 Å². The molecule has 2 heterocycles. The second-order valence-electron chi connectivity index (χ2n) is 7.04. The standard InChI is InChI=1S/C14H21NO19S2/c1-4(16)15-8-11(32-34-21)10(7(29-13(8)20)3-28-35(22,23)24)31-14-9(33-36(25,26)27)5(17)2-6(30-14)12(18)19/h2,5,7-11,13-14,17,20-21H,3H2,1H3,(H,15,16)(H,18,19)(H,22,23,24)(H,25,26,27)/t5-,7?,8?,9?,10+,11+,13+,14-/m0/s1. The Morgan fingerprint density at radius 1 is 1.08 bits per heavy atom. The number of aliphatic hydroxyl groups excluding tert-OH is 2. The van der Waals surface area contributed by atoms with Crippen molar-refractivity contribution in [3.05, 3.63) is 11.8 Å². The molecular formula is C14H21NO19S2. The van der Waals surface area contributed by atoms with Gasteiger partial charge in [0, 0.05) is 6.92 Å². The van der Waals surface area contributed by atoms with Crippen LogP contribution in [0.3, 0.4) is 0 Å². The Hall–Kier alpha value is -2.06. The number of carbonyl (C=O) groups is 2. The van der Waals surface area contributed by atoms with Crippen LogP contribution in [0.15, 0.2) is 11.8 Å². The number of carbonyl (C=O) groups excluding carboxylic acids is 1. The lowest BCUT2D eigenvalue weighted by atomic mass is 9.96. The predicted molar refractivity (Wildman–Crippen MR) is 102 cm³/mol. The number of carboxylic acids is 1. The molecule has 22 heteroatoms. The summed E-state index contributed by atoms with van der Waals surface area (Å²) in [7, 11) is -10.5. The monoisotopic (exact) mass is 571 g/mol. The van der Waals surface area contributed by atoms with E-state index >= 15 is 0 Å². The van der Waals surface area contributed by atoms with E-state index in [0.717, 1.165) is 6.92 Å². The number of aliphatic carboxylic acids is 1. The fraction of sp³-hybridized carbons (Fsp3) is 0.714. The summed E-state index contributed by atoms with van der Waals surface area (Å²) >= 11 is 0. The molecule has 2 rings (SSSR count). The van der Waals surface area contributed by atoms with Crippen LogP contribution in [-0.2, 0) is 62.9 Å². The zero-order valence-corrected chi connectivity index (χ0v) is 19.3. The molecular weight excluding hydrogens is 550 g/mol. The predicted octanol–water partition coefficient (Wildman–Crippen LogP) is -3.92. The molecule has 0 aliphatic carbocycles. The smallest absolute Gasteiger partial charge is 0.397 e. The third-order valence-corrected chi connectivity index (χ3v) is 5.38. The van der Waals surface area contributed by atoms with Crippen LogP contribution in [0, 0.1) is 0 Å². The van der Waals surface area contributed by atoms with Crippen molar-refractivity contribution in [1.29, 1.82) is 0 Å². The third kappa shape index (κ3) is 8.51. The van der Waals surface area contributed by atoms with Gasteiger partial charge in [-0.3, -0.25) is 13.9 Å². The Balaban J connectivity index is 2.50. The molecule has 2 aliphatic heterocycles. The summed E-state index contributed by atoms with van der Waals surface area (Å²) in [5, 5.41) is 44.1. The molecule has 0 radical (unpaired) electrons. The highest BCUT2D eigenvalue weighted by molar-refractivity contribution is 7.81. The van der Waals surface area contributed by atoms with Crippen LogP contribution in [0.25, 0.3) is 0 Å². The van der Waals surface area contributed by atoms with Gasteiger partial charge >= 0.3 is 26.8 Å². The Morgan fingerprint density at radius 2 is 1.72 bits per heavy atom. The van der Waals surface area contributed by atoms with Crippen molar-refractivity contribution in [1.82, 2.24) is 5.32 Å². The topological polar surface area (TPSA) is 300 Å². The first-order valence-electron chi connectivity index (χ1n) is 9.32. The molecule has 1 amide bonds. The summed E-state index contributed by atoms with van der Waals surface area (Å²) < 4.78 is 86.3. The van der Waals surface area contributed by atoms with E-state index in [-0.39, 0.29) is 0 Å². The molecule has 20 nitrogen and oxygen atoms in total. The molecule has 1 fully saturated rings. The lowest BCUT2D eigenvalue weighted by molar-refractivity contribution is -0.523. The van der Waals surface area contributed by atoms with E-state index in [9.17, 15) is 41.7 Å². The minimum Gasteiger partial charge on any atom is -0.475 e. The first-order valence-corrected chi connectivity index (χ1v) is 12.1. The minimum absolute atomic E-state index is 0.489. The molecule has 1 saturated heterocycles. The van der Waals surface area contributed by atoms with E-state index in [4.69, 9.17) is 28.6 Å². The molecule has 36 heavy (non-hydrogen) atoms. The summed E-state index contributed by atoms with van der Waals surface area (Å²) in [6.45, 7) is -0.188. The number of ether oxygens (including phenoxy) is 3. The van der Waals surface area contributed by atoms with Crippen LogP contribution in [-0.4, -0.2) is 114 Å². The molecule has 3 unspecified atom stereocenters. The normalized spacial score (nSPS) is 33.3. The molecule has 208 valence electrons. The number of aliphatic hydroxyl groups is 2. The molecule has 0 spiro atoms. The molecule has 7 N–H and O–H groups in total. The van der Waals surface area contributed by atoms with Gasteiger partial charge in [-0.1, -0.05) is 5.04 Å². The van der Waals surface area contributed by atoms with Crippen molar-refractivity contribution in [3.8, 4) is 0 Å².